The summed E-state index contributed by atoms with van der Waals surface area (Å²) in [5.41, 5.74) is 17.2. The van der Waals surface area contributed by atoms with E-state index in [4.69, 9.17) is 17.2 Å². The zero-order valence-electron chi connectivity index (χ0n) is 23.3. The van der Waals surface area contributed by atoms with Gasteiger partial charge in [-0.2, -0.15) is 11.8 Å². The molecule has 0 saturated heterocycles. The van der Waals surface area contributed by atoms with Crippen molar-refractivity contribution >= 4 is 41.4 Å². The predicted molar refractivity (Wildman–Crippen MR) is 156 cm³/mol. The monoisotopic (exact) mass is 581 g/mol. The van der Waals surface area contributed by atoms with Gasteiger partial charge in [-0.15, -0.1) is 0 Å². The summed E-state index contributed by atoms with van der Waals surface area (Å²) < 4.78 is 0. The lowest BCUT2D eigenvalue weighted by atomic mass is 9.96. The Morgan fingerprint density at radius 1 is 0.975 bits per heavy atom. The molecule has 1 aromatic carbocycles. The fourth-order valence-corrected chi connectivity index (χ4v) is 4.20. The number of amides is 3. The number of nitrogens with one attached hydrogen (secondary N) is 3. The Bertz CT molecular complexity index is 1000. The van der Waals surface area contributed by atoms with Crippen molar-refractivity contribution in [2.24, 2.45) is 28.1 Å². The standard InChI is InChI=1S/C26H43N7O6S/c1-4-15(2)21(33-22(35)18(27)11-13-40-3)24(37)32-20(14-16-7-9-17(34)10-8-16)23(36)31-19(25(38)39)6-5-12-30-26(28)29/h7-10,15,18-21,34H,4-6,11-14,27H2,1-3H3,(H,31,36)(H,32,37)(H,33,35)(H,38,39)(H4,28,29,30). The highest BCUT2D eigenvalue weighted by molar-refractivity contribution is 7.98. The molecule has 0 aliphatic rings. The molecule has 5 atom stereocenters. The summed E-state index contributed by atoms with van der Waals surface area (Å²) in [5, 5.41) is 27.1. The molecular formula is C26H43N7O6S. The third-order valence-electron chi connectivity index (χ3n) is 6.33. The quantitative estimate of drug-likeness (QED) is 0.0637. The smallest absolute Gasteiger partial charge is 0.326 e. The van der Waals surface area contributed by atoms with Crippen LogP contribution in [0.5, 0.6) is 5.75 Å². The van der Waals surface area contributed by atoms with Gasteiger partial charge in [0, 0.05) is 13.0 Å². The Kier molecular flexibility index (Phi) is 15.5. The first kappa shape index (κ1) is 34.5. The highest BCUT2D eigenvalue weighted by atomic mass is 32.2. The van der Waals surface area contributed by atoms with E-state index >= 15 is 0 Å². The van der Waals surface area contributed by atoms with Crippen LogP contribution in [-0.2, 0) is 25.6 Å². The Morgan fingerprint density at radius 3 is 2.15 bits per heavy atom. The van der Waals surface area contributed by atoms with E-state index in [0.717, 1.165) is 0 Å². The summed E-state index contributed by atoms with van der Waals surface area (Å²) in [6.07, 6.45) is 3.25. The zero-order chi connectivity index (χ0) is 30.2. The van der Waals surface area contributed by atoms with Crippen LogP contribution in [0.25, 0.3) is 0 Å². The summed E-state index contributed by atoms with van der Waals surface area (Å²) in [7, 11) is 0. The first-order chi connectivity index (χ1) is 18.9. The van der Waals surface area contributed by atoms with Crippen molar-refractivity contribution in [1.82, 2.24) is 16.0 Å². The van der Waals surface area contributed by atoms with Gasteiger partial charge in [-0.25, -0.2) is 4.79 Å². The lowest BCUT2D eigenvalue weighted by Gasteiger charge is -2.28. The van der Waals surface area contributed by atoms with Gasteiger partial charge in [-0.05, 0) is 54.9 Å². The second-order valence-corrected chi connectivity index (χ2v) is 10.5. The number of carbonyl (C=O) groups is 4. The number of nitrogens with zero attached hydrogens (tertiary/aromatic N) is 1. The third kappa shape index (κ3) is 12.6. The van der Waals surface area contributed by atoms with Crippen molar-refractivity contribution in [3.05, 3.63) is 29.8 Å². The third-order valence-corrected chi connectivity index (χ3v) is 6.98. The Hall–Kier alpha value is -3.52. The van der Waals surface area contributed by atoms with Crippen molar-refractivity contribution in [3.8, 4) is 5.75 Å². The average Bonchev–Trinajstić information content (AvgIpc) is 2.91. The minimum absolute atomic E-state index is 0.00655. The summed E-state index contributed by atoms with van der Waals surface area (Å²) >= 11 is 1.55. The van der Waals surface area contributed by atoms with Crippen molar-refractivity contribution in [1.29, 1.82) is 0 Å². The number of aromatic hydroxyl groups is 1. The van der Waals surface area contributed by atoms with Gasteiger partial charge in [-0.3, -0.25) is 19.4 Å². The molecule has 0 radical (unpaired) electrons. The number of thioether (sulfide) groups is 1. The second-order valence-electron chi connectivity index (χ2n) is 9.54. The van der Waals surface area contributed by atoms with Gasteiger partial charge in [0.2, 0.25) is 17.7 Å². The number of aliphatic imine (C=N–C) groups is 1. The summed E-state index contributed by atoms with van der Waals surface area (Å²) in [4.78, 5) is 55.1. The van der Waals surface area contributed by atoms with Gasteiger partial charge in [-0.1, -0.05) is 32.4 Å². The molecule has 0 aliphatic carbocycles. The molecule has 0 aromatic heterocycles. The molecule has 0 saturated carbocycles. The Labute approximate surface area is 239 Å². The molecule has 5 unspecified atom stereocenters. The van der Waals surface area contributed by atoms with Gasteiger partial charge in [0.1, 0.15) is 23.9 Å². The normalized spacial score (nSPS) is 14.6. The first-order valence-electron chi connectivity index (χ1n) is 13.1. The molecule has 13 nitrogen and oxygen atoms in total. The number of carboxylic acid groups (broad SMARTS) is 1. The van der Waals surface area contributed by atoms with Crippen LogP contribution in [-0.4, -0.2) is 82.6 Å². The lowest BCUT2D eigenvalue weighted by molar-refractivity contribution is -0.142. The van der Waals surface area contributed by atoms with Crippen LogP contribution in [0.4, 0.5) is 0 Å². The molecule has 0 fully saturated rings. The van der Waals surface area contributed by atoms with E-state index in [2.05, 4.69) is 20.9 Å². The van der Waals surface area contributed by atoms with Crippen LogP contribution in [0.15, 0.2) is 29.3 Å². The number of phenols is 1. The predicted octanol–water partition coefficient (Wildman–Crippen LogP) is -0.346. The Balaban J connectivity index is 3.14. The van der Waals surface area contributed by atoms with Gasteiger partial charge < -0.3 is 43.4 Å². The van der Waals surface area contributed by atoms with Crippen LogP contribution in [0.2, 0.25) is 0 Å². The highest BCUT2D eigenvalue weighted by Gasteiger charge is 2.32. The summed E-state index contributed by atoms with van der Waals surface area (Å²) in [6, 6.07) is 1.86. The number of nitrogens with two attached hydrogens (primary N) is 3. The minimum atomic E-state index is -1.25. The van der Waals surface area contributed by atoms with Crippen LogP contribution >= 0.6 is 11.8 Å². The molecular weight excluding hydrogens is 538 g/mol. The van der Waals surface area contributed by atoms with Crippen molar-refractivity contribution in [2.45, 2.75) is 70.1 Å². The summed E-state index contributed by atoms with van der Waals surface area (Å²) in [5.74, 6) is -2.74. The topological polar surface area (TPSA) is 235 Å². The molecule has 40 heavy (non-hydrogen) atoms. The maximum atomic E-state index is 13.4. The number of phenolic OH excluding ortho intramolecular Hbond substituents is 1. The molecule has 3 amide bonds. The van der Waals surface area contributed by atoms with Crippen LogP contribution in [0, 0.1) is 5.92 Å². The zero-order valence-corrected chi connectivity index (χ0v) is 24.1. The largest absolute Gasteiger partial charge is 0.508 e. The number of rotatable bonds is 18. The van der Waals surface area contributed by atoms with E-state index in [1.54, 1.807) is 30.8 Å². The lowest BCUT2D eigenvalue weighted by Crippen LogP contribution is -2.59. The van der Waals surface area contributed by atoms with Crippen LogP contribution in [0.1, 0.15) is 45.1 Å². The minimum Gasteiger partial charge on any atom is -0.508 e. The van der Waals surface area contributed by atoms with Crippen molar-refractivity contribution < 1.29 is 29.4 Å². The van der Waals surface area contributed by atoms with Crippen molar-refractivity contribution in [3.63, 3.8) is 0 Å². The molecule has 0 aliphatic heterocycles. The van der Waals surface area contributed by atoms with Gasteiger partial charge >= 0.3 is 5.97 Å². The number of hydrogen-bond donors (Lipinski definition) is 8. The summed E-state index contributed by atoms with van der Waals surface area (Å²) in [6.45, 7) is 3.85. The Morgan fingerprint density at radius 2 is 1.60 bits per heavy atom. The fraction of sp³-hybridized carbons (Fsp3) is 0.577. The van der Waals surface area contributed by atoms with E-state index < -0.39 is 47.9 Å². The number of benzene rings is 1. The molecule has 0 bridgehead atoms. The molecule has 0 heterocycles. The van der Waals surface area contributed by atoms with E-state index in [9.17, 15) is 29.4 Å². The van der Waals surface area contributed by atoms with Gasteiger partial charge in [0.15, 0.2) is 5.96 Å². The average molecular weight is 582 g/mol. The molecule has 1 aromatic rings. The molecule has 1 rings (SSSR count). The van der Waals surface area contributed by atoms with Crippen LogP contribution < -0.4 is 33.2 Å². The molecule has 0 spiro atoms. The number of carboxylic acids is 1. The first-order valence-corrected chi connectivity index (χ1v) is 14.5. The number of guanidine groups is 1. The van der Waals surface area contributed by atoms with Gasteiger partial charge in [0.05, 0.1) is 6.04 Å². The molecule has 224 valence electrons. The molecule has 14 heteroatoms. The second kappa shape index (κ2) is 17.9. The molecule has 11 N–H and O–H groups in total. The van der Waals surface area contributed by atoms with E-state index in [0.29, 0.717) is 30.6 Å². The fourth-order valence-electron chi connectivity index (χ4n) is 3.71. The number of hydrogen-bond acceptors (Lipinski definition) is 8. The van der Waals surface area contributed by atoms with Gasteiger partial charge in [0.25, 0.3) is 0 Å². The SMILES string of the molecule is CCC(C)C(NC(=O)C(N)CCSC)C(=O)NC(Cc1ccc(O)cc1)C(=O)NC(CCCN=C(N)N)C(=O)O. The van der Waals surface area contributed by atoms with E-state index in [1.807, 2.05) is 13.2 Å². The number of carbonyl (C=O) groups excluding carboxylic acids is 3. The highest BCUT2D eigenvalue weighted by Crippen LogP contribution is 2.14. The maximum Gasteiger partial charge on any atom is 0.326 e. The van der Waals surface area contributed by atoms with E-state index in [-0.39, 0.29) is 37.0 Å². The number of aliphatic carboxylic acids is 1. The maximum absolute atomic E-state index is 13.4. The van der Waals surface area contributed by atoms with Crippen LogP contribution in [0.3, 0.4) is 0 Å². The van der Waals surface area contributed by atoms with Crippen molar-refractivity contribution in [2.75, 3.05) is 18.6 Å². The van der Waals surface area contributed by atoms with E-state index in [1.165, 1.54) is 12.1 Å².